The van der Waals surface area contributed by atoms with E-state index in [0.717, 1.165) is 11.3 Å². The number of aromatic nitrogens is 2. The van der Waals surface area contributed by atoms with Gasteiger partial charge in [0.05, 0.1) is 5.69 Å². The second-order valence-corrected chi connectivity index (χ2v) is 5.16. The number of fused-ring (bicyclic) bond motifs is 1. The van der Waals surface area contributed by atoms with Crippen LogP contribution < -0.4 is 0 Å². The average molecular weight is 254 g/mol. The van der Waals surface area contributed by atoms with Crippen LogP contribution in [-0.2, 0) is 0 Å². The van der Waals surface area contributed by atoms with Gasteiger partial charge in [0, 0.05) is 33.8 Å². The van der Waals surface area contributed by atoms with E-state index < -0.39 is 0 Å². The lowest BCUT2D eigenvalue weighted by Gasteiger charge is -1.99. The summed E-state index contributed by atoms with van der Waals surface area (Å²) in [6, 6.07) is 10.6. The maximum atomic E-state index is 4.18. The maximum Gasteiger partial charge on any atom is 0.0510 e. The molecule has 0 radical (unpaired) electrons. The summed E-state index contributed by atoms with van der Waals surface area (Å²) in [6.45, 7) is 2.16. The van der Waals surface area contributed by atoms with Gasteiger partial charge in [0.2, 0.25) is 0 Å². The molecule has 0 bridgehead atoms. The fourth-order valence-electron chi connectivity index (χ4n) is 2.23. The Morgan fingerprint density at radius 3 is 2.83 bits per heavy atom. The van der Waals surface area contributed by atoms with Gasteiger partial charge in [-0.2, -0.15) is 0 Å². The van der Waals surface area contributed by atoms with Crippen molar-refractivity contribution in [2.24, 2.45) is 0 Å². The van der Waals surface area contributed by atoms with Crippen LogP contribution in [0.25, 0.3) is 22.2 Å². The van der Waals surface area contributed by atoms with E-state index in [-0.39, 0.29) is 0 Å². The summed E-state index contributed by atoms with van der Waals surface area (Å²) in [6.07, 6.45) is 5.80. The summed E-state index contributed by atoms with van der Waals surface area (Å²) < 4.78 is 0. The van der Waals surface area contributed by atoms with E-state index >= 15 is 0 Å². The van der Waals surface area contributed by atoms with Gasteiger partial charge in [-0.25, -0.2) is 0 Å². The molecule has 0 atom stereocenters. The predicted octanol–water partition coefficient (Wildman–Crippen LogP) is 4.26. The molecule has 0 amide bonds. The number of nitrogens with zero attached hydrogens (tertiary/aromatic N) is 1. The van der Waals surface area contributed by atoms with E-state index in [9.17, 15) is 0 Å². The van der Waals surface area contributed by atoms with Gasteiger partial charge in [0.25, 0.3) is 0 Å². The molecule has 1 N–H and O–H groups in total. The summed E-state index contributed by atoms with van der Waals surface area (Å²) in [5, 5.41) is 1.29. The minimum absolute atomic E-state index is 1.14. The lowest BCUT2D eigenvalue weighted by atomic mass is 10.1. The molecule has 0 aliphatic heterocycles. The van der Waals surface area contributed by atoms with Crippen LogP contribution in [0.15, 0.2) is 47.6 Å². The number of hydrogen-bond donors (Lipinski definition) is 1. The van der Waals surface area contributed by atoms with E-state index in [0.29, 0.717) is 0 Å². The molecule has 3 heteroatoms. The molecule has 3 rings (SSSR count). The zero-order valence-electron chi connectivity index (χ0n) is 10.4. The van der Waals surface area contributed by atoms with Gasteiger partial charge in [-0.3, -0.25) is 4.98 Å². The third kappa shape index (κ3) is 1.81. The van der Waals surface area contributed by atoms with Crippen molar-refractivity contribution in [1.29, 1.82) is 0 Å². The van der Waals surface area contributed by atoms with Crippen molar-refractivity contribution in [2.45, 2.75) is 11.8 Å². The van der Waals surface area contributed by atoms with Crippen LogP contribution in [0.5, 0.6) is 0 Å². The first-order valence-corrected chi connectivity index (χ1v) is 7.09. The Morgan fingerprint density at radius 1 is 1.22 bits per heavy atom. The topological polar surface area (TPSA) is 28.7 Å². The van der Waals surface area contributed by atoms with Crippen LogP contribution in [0.1, 0.15) is 5.56 Å². The number of H-pyrrole nitrogens is 1. The maximum absolute atomic E-state index is 4.18. The smallest absolute Gasteiger partial charge is 0.0510 e. The van der Waals surface area contributed by atoms with E-state index in [4.69, 9.17) is 0 Å². The molecular weight excluding hydrogens is 240 g/mol. The third-order valence-electron chi connectivity index (χ3n) is 3.22. The van der Waals surface area contributed by atoms with Crippen LogP contribution >= 0.6 is 11.8 Å². The number of hydrogen-bond acceptors (Lipinski definition) is 2. The molecule has 0 aliphatic carbocycles. The van der Waals surface area contributed by atoms with Crippen LogP contribution in [0, 0.1) is 6.92 Å². The van der Waals surface area contributed by atoms with Gasteiger partial charge in [-0.05, 0) is 49.1 Å². The number of pyridine rings is 1. The molecule has 0 fully saturated rings. The van der Waals surface area contributed by atoms with E-state index in [1.165, 1.54) is 21.4 Å². The van der Waals surface area contributed by atoms with Crippen molar-refractivity contribution in [3.63, 3.8) is 0 Å². The highest BCUT2D eigenvalue weighted by atomic mass is 32.2. The minimum Gasteiger partial charge on any atom is -0.354 e. The highest BCUT2D eigenvalue weighted by Gasteiger charge is 2.09. The molecular formula is C15H14N2S. The van der Waals surface area contributed by atoms with Gasteiger partial charge in [-0.15, -0.1) is 11.8 Å². The van der Waals surface area contributed by atoms with Crippen molar-refractivity contribution in [3.05, 3.63) is 48.3 Å². The standard InChI is InChI=1S/C15H14N2S/c1-10-13-8-12(18-2)5-6-14(13)17-15(10)11-4-3-7-16-9-11/h3-9,17H,1-2H3. The van der Waals surface area contributed by atoms with Crippen LogP contribution in [0.4, 0.5) is 0 Å². The summed E-state index contributed by atoms with van der Waals surface area (Å²) in [5.41, 5.74) is 4.77. The Balaban J connectivity index is 2.23. The molecule has 18 heavy (non-hydrogen) atoms. The van der Waals surface area contributed by atoms with E-state index in [1.807, 2.05) is 12.3 Å². The summed E-state index contributed by atoms with van der Waals surface area (Å²) in [7, 11) is 0. The van der Waals surface area contributed by atoms with Gasteiger partial charge < -0.3 is 4.98 Å². The second kappa shape index (κ2) is 4.50. The third-order valence-corrected chi connectivity index (χ3v) is 3.94. The highest BCUT2D eigenvalue weighted by Crippen LogP contribution is 2.31. The Labute approximate surface area is 110 Å². The van der Waals surface area contributed by atoms with Crippen molar-refractivity contribution >= 4 is 22.7 Å². The van der Waals surface area contributed by atoms with Crippen molar-refractivity contribution < 1.29 is 0 Å². The number of thioether (sulfide) groups is 1. The molecule has 0 spiro atoms. The molecule has 90 valence electrons. The first-order valence-electron chi connectivity index (χ1n) is 5.86. The molecule has 2 aromatic heterocycles. The molecule has 0 saturated carbocycles. The molecule has 2 heterocycles. The second-order valence-electron chi connectivity index (χ2n) is 4.28. The SMILES string of the molecule is CSc1ccc2[nH]c(-c3cccnc3)c(C)c2c1. The zero-order valence-corrected chi connectivity index (χ0v) is 11.2. The van der Waals surface area contributed by atoms with E-state index in [2.05, 4.69) is 47.4 Å². The molecule has 0 aliphatic rings. The van der Waals surface area contributed by atoms with E-state index in [1.54, 1.807) is 18.0 Å². The highest BCUT2D eigenvalue weighted by molar-refractivity contribution is 7.98. The van der Waals surface area contributed by atoms with Gasteiger partial charge >= 0.3 is 0 Å². The van der Waals surface area contributed by atoms with Crippen LogP contribution in [-0.4, -0.2) is 16.2 Å². The lowest BCUT2D eigenvalue weighted by molar-refractivity contribution is 1.30. The first-order chi connectivity index (χ1) is 8.79. The van der Waals surface area contributed by atoms with Gasteiger partial charge in [0.1, 0.15) is 0 Å². The van der Waals surface area contributed by atoms with Crippen LogP contribution in [0.3, 0.4) is 0 Å². The molecule has 0 saturated heterocycles. The largest absolute Gasteiger partial charge is 0.354 e. The van der Waals surface area contributed by atoms with Gasteiger partial charge in [0.15, 0.2) is 0 Å². The number of aryl methyl sites for hydroxylation is 1. The normalized spacial score (nSPS) is 11.0. The number of rotatable bonds is 2. The minimum atomic E-state index is 1.14. The molecule has 1 aromatic carbocycles. The lowest BCUT2D eigenvalue weighted by Crippen LogP contribution is -1.81. The summed E-state index contributed by atoms with van der Waals surface area (Å²) >= 11 is 1.77. The Kier molecular flexibility index (Phi) is 2.84. The average Bonchev–Trinajstić information content (AvgIpc) is 2.77. The summed E-state index contributed by atoms with van der Waals surface area (Å²) in [5.74, 6) is 0. The quantitative estimate of drug-likeness (QED) is 0.692. The molecule has 2 nitrogen and oxygen atoms in total. The predicted molar refractivity (Wildman–Crippen MR) is 78.0 cm³/mol. The number of nitrogens with one attached hydrogen (secondary N) is 1. The number of benzene rings is 1. The van der Waals surface area contributed by atoms with Crippen molar-refractivity contribution in [3.8, 4) is 11.3 Å². The zero-order chi connectivity index (χ0) is 12.5. The molecule has 0 unspecified atom stereocenters. The molecule has 3 aromatic rings. The fraction of sp³-hybridized carbons (Fsp3) is 0.133. The Hall–Kier alpha value is -1.74. The Morgan fingerprint density at radius 2 is 2.11 bits per heavy atom. The first kappa shape index (κ1) is 11.4. The van der Waals surface area contributed by atoms with Gasteiger partial charge in [-0.1, -0.05) is 0 Å². The monoisotopic (exact) mass is 254 g/mol. The Bertz CT molecular complexity index is 686. The number of aromatic amines is 1. The summed E-state index contributed by atoms with van der Waals surface area (Å²) in [4.78, 5) is 8.96. The van der Waals surface area contributed by atoms with Crippen molar-refractivity contribution in [1.82, 2.24) is 9.97 Å². The fourth-order valence-corrected chi connectivity index (χ4v) is 2.67. The van der Waals surface area contributed by atoms with Crippen molar-refractivity contribution in [2.75, 3.05) is 6.26 Å². The van der Waals surface area contributed by atoms with Crippen LogP contribution in [0.2, 0.25) is 0 Å².